The van der Waals surface area contributed by atoms with E-state index < -0.39 is 11.9 Å². The van der Waals surface area contributed by atoms with Crippen LogP contribution < -0.4 is 4.74 Å². The first-order valence-electron chi connectivity index (χ1n) is 6.87. The number of phenolic OH excluding ortho intramolecular Hbond substituents is 4. The van der Waals surface area contributed by atoms with Gasteiger partial charge < -0.3 is 35.0 Å². The van der Waals surface area contributed by atoms with Crippen LogP contribution in [-0.4, -0.2) is 38.7 Å². The van der Waals surface area contributed by atoms with Crippen molar-refractivity contribution in [2.45, 2.75) is 18.3 Å². The van der Waals surface area contributed by atoms with Gasteiger partial charge in [-0.1, -0.05) is 0 Å². The van der Waals surface area contributed by atoms with E-state index in [9.17, 15) is 25.5 Å². The first kappa shape index (κ1) is 15.3. The molecule has 0 aromatic heterocycles. The van der Waals surface area contributed by atoms with Gasteiger partial charge in [0.15, 0.2) is 11.5 Å². The Bertz CT molecular complexity index is 758. The Morgan fingerprint density at radius 3 is 2.43 bits per heavy atom. The van der Waals surface area contributed by atoms with Crippen LogP contribution in [0, 0.1) is 0 Å². The minimum absolute atomic E-state index is 0.0108. The zero-order chi connectivity index (χ0) is 16.8. The van der Waals surface area contributed by atoms with Crippen LogP contribution in [0.5, 0.6) is 28.7 Å². The number of aliphatic hydroxyl groups is 1. The van der Waals surface area contributed by atoms with Crippen LogP contribution in [0.25, 0.3) is 0 Å². The fourth-order valence-electron chi connectivity index (χ4n) is 2.76. The topological polar surface area (TPSA) is 120 Å². The summed E-state index contributed by atoms with van der Waals surface area (Å²) in [5, 5.41) is 49.1. The van der Waals surface area contributed by atoms with Gasteiger partial charge in [0.2, 0.25) is 0 Å². The van der Waals surface area contributed by atoms with Crippen molar-refractivity contribution in [2.24, 2.45) is 0 Å². The smallest absolute Gasteiger partial charge is 0.263 e. The predicted molar refractivity (Wildman–Crippen MR) is 78.6 cm³/mol. The lowest BCUT2D eigenvalue weighted by Gasteiger charge is -2.41. The van der Waals surface area contributed by atoms with Crippen LogP contribution >= 0.6 is 0 Å². The van der Waals surface area contributed by atoms with Crippen molar-refractivity contribution in [3.63, 3.8) is 0 Å². The number of aromatic hydroxyl groups is 4. The molecule has 1 aliphatic heterocycles. The molecule has 122 valence electrons. The Morgan fingerprint density at radius 1 is 1.04 bits per heavy atom. The van der Waals surface area contributed by atoms with Crippen LogP contribution in [0.1, 0.15) is 11.1 Å². The van der Waals surface area contributed by atoms with Gasteiger partial charge in [-0.15, -0.1) is 0 Å². The SMILES string of the molecule is COC1(c2ccc(O)c(O)c2)Oc2cc(O)cc(O)c2C[C@H]1O. The van der Waals surface area contributed by atoms with Crippen LogP contribution in [-0.2, 0) is 16.9 Å². The molecule has 7 heteroatoms. The molecular weight excluding hydrogens is 304 g/mol. The van der Waals surface area contributed by atoms with E-state index in [1.807, 2.05) is 0 Å². The molecule has 1 heterocycles. The normalized spacial score (nSPS) is 23.1. The Kier molecular flexibility index (Phi) is 3.46. The van der Waals surface area contributed by atoms with E-state index in [0.717, 1.165) is 6.07 Å². The molecule has 0 bridgehead atoms. The molecule has 1 unspecified atom stereocenters. The number of ether oxygens (including phenoxy) is 2. The van der Waals surface area contributed by atoms with Crippen molar-refractivity contribution in [3.05, 3.63) is 41.5 Å². The third-order valence-corrected chi connectivity index (χ3v) is 3.95. The highest BCUT2D eigenvalue weighted by Gasteiger charge is 2.47. The number of fused-ring (bicyclic) bond motifs is 1. The molecule has 5 N–H and O–H groups in total. The Morgan fingerprint density at radius 2 is 1.78 bits per heavy atom. The van der Waals surface area contributed by atoms with Crippen molar-refractivity contribution in [3.8, 4) is 28.7 Å². The number of methoxy groups -OCH3 is 1. The molecule has 0 saturated heterocycles. The lowest BCUT2D eigenvalue weighted by molar-refractivity contribution is -0.241. The van der Waals surface area contributed by atoms with Crippen LogP contribution in [0.2, 0.25) is 0 Å². The highest BCUT2D eigenvalue weighted by molar-refractivity contribution is 5.52. The number of aliphatic hydroxyl groups excluding tert-OH is 1. The summed E-state index contributed by atoms with van der Waals surface area (Å²) in [5.74, 6) is -2.60. The molecule has 1 aliphatic rings. The summed E-state index contributed by atoms with van der Waals surface area (Å²) in [6.07, 6.45) is -1.18. The number of rotatable bonds is 2. The second-order valence-corrected chi connectivity index (χ2v) is 5.34. The molecule has 2 aromatic rings. The minimum Gasteiger partial charge on any atom is -0.508 e. The molecule has 3 rings (SSSR count). The number of hydrogen-bond donors (Lipinski definition) is 5. The molecule has 0 spiro atoms. The summed E-state index contributed by atoms with van der Waals surface area (Å²) in [6.45, 7) is 0. The molecular formula is C16H16O7. The van der Waals surface area contributed by atoms with Crippen LogP contribution in [0.3, 0.4) is 0 Å². The van der Waals surface area contributed by atoms with Crippen molar-refractivity contribution in [1.29, 1.82) is 0 Å². The summed E-state index contributed by atoms with van der Waals surface area (Å²) in [7, 11) is 1.32. The molecule has 0 radical (unpaired) electrons. The maximum atomic E-state index is 10.5. The molecule has 0 aliphatic carbocycles. The third kappa shape index (κ3) is 2.30. The second kappa shape index (κ2) is 5.22. The molecule has 2 aromatic carbocycles. The van der Waals surface area contributed by atoms with Crippen molar-refractivity contribution in [1.82, 2.24) is 0 Å². The van der Waals surface area contributed by atoms with Crippen LogP contribution in [0.15, 0.2) is 30.3 Å². The number of hydrogen-bond acceptors (Lipinski definition) is 7. The number of benzene rings is 2. The molecule has 2 atom stereocenters. The standard InChI is InChI=1S/C16H16O7/c1-22-16(8-2-3-11(18)13(20)4-8)15(21)7-10-12(19)5-9(17)6-14(10)23-16/h2-6,15,17-21H,7H2,1H3/t15-,16?/m1/s1. The third-order valence-electron chi connectivity index (χ3n) is 3.95. The fraction of sp³-hybridized carbons (Fsp3) is 0.250. The van der Waals surface area contributed by atoms with Gasteiger partial charge >= 0.3 is 0 Å². The second-order valence-electron chi connectivity index (χ2n) is 5.34. The van der Waals surface area contributed by atoms with Crippen molar-refractivity contribution in [2.75, 3.05) is 7.11 Å². The van der Waals surface area contributed by atoms with Gasteiger partial charge in [0.1, 0.15) is 23.4 Å². The zero-order valence-electron chi connectivity index (χ0n) is 12.2. The minimum atomic E-state index is -1.65. The fourth-order valence-corrected chi connectivity index (χ4v) is 2.76. The highest BCUT2D eigenvalue weighted by atomic mass is 16.7. The van der Waals surface area contributed by atoms with Gasteiger partial charge in [0.25, 0.3) is 5.79 Å². The average Bonchev–Trinajstić information content (AvgIpc) is 2.50. The summed E-state index contributed by atoms with van der Waals surface area (Å²) in [4.78, 5) is 0. The molecule has 0 amide bonds. The summed E-state index contributed by atoms with van der Waals surface area (Å²) >= 11 is 0. The largest absolute Gasteiger partial charge is 0.508 e. The summed E-state index contributed by atoms with van der Waals surface area (Å²) in [6, 6.07) is 6.36. The van der Waals surface area contributed by atoms with Gasteiger partial charge in [-0.05, 0) is 18.2 Å². The summed E-state index contributed by atoms with van der Waals surface area (Å²) in [5.41, 5.74) is 0.613. The lowest BCUT2D eigenvalue weighted by Crippen LogP contribution is -2.50. The molecule has 23 heavy (non-hydrogen) atoms. The monoisotopic (exact) mass is 320 g/mol. The zero-order valence-corrected chi connectivity index (χ0v) is 12.2. The van der Waals surface area contributed by atoms with Gasteiger partial charge in [0, 0.05) is 36.8 Å². The highest BCUT2D eigenvalue weighted by Crippen LogP contribution is 2.46. The molecule has 0 fully saturated rings. The van der Waals surface area contributed by atoms with Crippen molar-refractivity contribution < 1.29 is 35.0 Å². The Balaban J connectivity index is 2.13. The van der Waals surface area contributed by atoms with E-state index in [0.29, 0.717) is 5.56 Å². The van der Waals surface area contributed by atoms with E-state index in [1.54, 1.807) is 0 Å². The van der Waals surface area contributed by atoms with E-state index >= 15 is 0 Å². The van der Waals surface area contributed by atoms with E-state index in [4.69, 9.17) is 9.47 Å². The first-order chi connectivity index (χ1) is 10.9. The maximum Gasteiger partial charge on any atom is 0.263 e. The van der Waals surface area contributed by atoms with Gasteiger partial charge in [0.05, 0.1) is 0 Å². The Hall–Kier alpha value is -2.64. The Labute approximate surface area is 131 Å². The van der Waals surface area contributed by atoms with Crippen LogP contribution in [0.4, 0.5) is 0 Å². The maximum absolute atomic E-state index is 10.5. The van der Waals surface area contributed by atoms with E-state index in [-0.39, 0.29) is 40.7 Å². The predicted octanol–water partition coefficient (Wildman–Crippen LogP) is 1.30. The average molecular weight is 320 g/mol. The molecule has 0 saturated carbocycles. The van der Waals surface area contributed by atoms with Gasteiger partial charge in [-0.3, -0.25) is 0 Å². The number of phenols is 4. The quantitative estimate of drug-likeness (QED) is 0.529. The van der Waals surface area contributed by atoms with E-state index in [2.05, 4.69) is 0 Å². The summed E-state index contributed by atoms with van der Waals surface area (Å²) < 4.78 is 11.1. The first-order valence-corrected chi connectivity index (χ1v) is 6.87. The molecule has 7 nitrogen and oxygen atoms in total. The lowest BCUT2D eigenvalue weighted by atomic mass is 9.90. The van der Waals surface area contributed by atoms with Crippen molar-refractivity contribution >= 4 is 0 Å². The van der Waals surface area contributed by atoms with E-state index in [1.165, 1.54) is 31.4 Å². The van der Waals surface area contributed by atoms with Gasteiger partial charge in [-0.2, -0.15) is 0 Å². The van der Waals surface area contributed by atoms with Gasteiger partial charge in [-0.25, -0.2) is 0 Å².